The van der Waals surface area contributed by atoms with Crippen LogP contribution in [0, 0.1) is 22.7 Å². The van der Waals surface area contributed by atoms with Gasteiger partial charge in [-0.05, 0) is 18.6 Å². The van der Waals surface area contributed by atoms with E-state index >= 15 is 0 Å². The van der Waals surface area contributed by atoms with E-state index in [2.05, 4.69) is 20.9 Å². The van der Waals surface area contributed by atoms with Crippen LogP contribution in [0.5, 0.6) is 11.5 Å². The number of benzene rings is 1. The number of hydrogen-bond acceptors (Lipinski definition) is 6. The molecule has 1 aromatic heterocycles. The topological polar surface area (TPSA) is 125 Å². The third-order valence-electron chi connectivity index (χ3n) is 3.45. The standard InChI is InChI=1S/C17H15BrN4O3/c1-3-4-25-14-6-12(18)9(5-13(14)24-2)15-10(7-19)16(21)22-17(23)11(15)8-20/h5-6H,3-4H2,1-2H3,(H3,21,22,23). The highest BCUT2D eigenvalue weighted by molar-refractivity contribution is 9.10. The first-order valence-corrected chi connectivity index (χ1v) is 8.14. The second kappa shape index (κ2) is 7.73. The van der Waals surface area contributed by atoms with E-state index in [9.17, 15) is 15.3 Å². The second-order valence-corrected chi connectivity index (χ2v) is 5.90. The average molecular weight is 403 g/mol. The molecule has 0 bridgehead atoms. The fourth-order valence-electron chi connectivity index (χ4n) is 2.32. The van der Waals surface area contributed by atoms with E-state index in [1.165, 1.54) is 7.11 Å². The lowest BCUT2D eigenvalue weighted by molar-refractivity contribution is 0.294. The Morgan fingerprint density at radius 2 is 1.92 bits per heavy atom. The Labute approximate surface area is 152 Å². The molecule has 0 aliphatic heterocycles. The van der Waals surface area contributed by atoms with Crippen molar-refractivity contribution in [2.75, 3.05) is 19.5 Å². The first-order chi connectivity index (χ1) is 12.0. The quantitative estimate of drug-likeness (QED) is 0.791. The molecule has 0 atom stereocenters. The summed E-state index contributed by atoms with van der Waals surface area (Å²) < 4.78 is 11.5. The zero-order valence-corrected chi connectivity index (χ0v) is 15.2. The Morgan fingerprint density at radius 3 is 2.48 bits per heavy atom. The molecule has 1 aromatic carbocycles. The van der Waals surface area contributed by atoms with E-state index < -0.39 is 5.56 Å². The molecular formula is C17H15BrN4O3. The summed E-state index contributed by atoms with van der Waals surface area (Å²) in [4.78, 5) is 14.4. The monoisotopic (exact) mass is 402 g/mol. The van der Waals surface area contributed by atoms with Crippen molar-refractivity contribution >= 4 is 21.7 Å². The van der Waals surface area contributed by atoms with E-state index in [-0.39, 0.29) is 22.5 Å². The van der Waals surface area contributed by atoms with Gasteiger partial charge in [-0.15, -0.1) is 0 Å². The van der Waals surface area contributed by atoms with Crippen molar-refractivity contribution in [1.29, 1.82) is 10.5 Å². The first-order valence-electron chi connectivity index (χ1n) is 7.35. The van der Waals surface area contributed by atoms with Gasteiger partial charge in [0.2, 0.25) is 0 Å². The number of anilines is 1. The van der Waals surface area contributed by atoms with Gasteiger partial charge in [-0.3, -0.25) is 4.79 Å². The molecule has 0 saturated heterocycles. The van der Waals surface area contributed by atoms with Crippen LogP contribution < -0.4 is 20.8 Å². The van der Waals surface area contributed by atoms with E-state index in [0.717, 1.165) is 6.42 Å². The highest BCUT2D eigenvalue weighted by Gasteiger charge is 2.22. The van der Waals surface area contributed by atoms with Gasteiger partial charge in [0.05, 0.1) is 13.7 Å². The molecule has 1 heterocycles. The van der Waals surface area contributed by atoms with Crippen molar-refractivity contribution in [3.05, 3.63) is 38.1 Å². The summed E-state index contributed by atoms with van der Waals surface area (Å²) >= 11 is 3.41. The molecule has 3 N–H and O–H groups in total. The van der Waals surface area contributed by atoms with Gasteiger partial charge in [0.1, 0.15) is 29.1 Å². The third-order valence-corrected chi connectivity index (χ3v) is 4.11. The summed E-state index contributed by atoms with van der Waals surface area (Å²) in [6, 6.07) is 7.05. The molecule has 0 aliphatic rings. The Morgan fingerprint density at radius 1 is 1.24 bits per heavy atom. The molecule has 25 heavy (non-hydrogen) atoms. The highest BCUT2D eigenvalue weighted by atomic mass is 79.9. The summed E-state index contributed by atoms with van der Waals surface area (Å²) in [7, 11) is 1.48. The van der Waals surface area contributed by atoms with Gasteiger partial charge < -0.3 is 20.2 Å². The number of aromatic nitrogens is 1. The number of methoxy groups -OCH3 is 1. The molecule has 0 amide bonds. The van der Waals surface area contributed by atoms with Crippen LogP contribution in [0.25, 0.3) is 11.1 Å². The van der Waals surface area contributed by atoms with Crippen molar-refractivity contribution in [3.63, 3.8) is 0 Å². The summed E-state index contributed by atoms with van der Waals surface area (Å²) in [5.41, 5.74) is 5.49. The maximum Gasteiger partial charge on any atom is 0.268 e. The van der Waals surface area contributed by atoms with Crippen LogP contribution in [0.3, 0.4) is 0 Å². The predicted octanol–water partition coefficient (Wildman–Crippen LogP) is 2.93. The SMILES string of the molecule is CCCOc1cc(Br)c(-c2c(C#N)c(N)[nH]c(=O)c2C#N)cc1OC. The normalized spacial score (nSPS) is 9.96. The number of nitrogens with zero attached hydrogens (tertiary/aromatic N) is 2. The minimum Gasteiger partial charge on any atom is -0.493 e. The summed E-state index contributed by atoms with van der Waals surface area (Å²) in [6.45, 7) is 2.49. The smallest absolute Gasteiger partial charge is 0.268 e. The van der Waals surface area contributed by atoms with Crippen LogP contribution in [0.4, 0.5) is 5.82 Å². The molecule has 2 aromatic rings. The van der Waals surface area contributed by atoms with Crippen LogP contribution in [-0.4, -0.2) is 18.7 Å². The van der Waals surface area contributed by atoms with Gasteiger partial charge >= 0.3 is 0 Å². The van der Waals surface area contributed by atoms with Crippen LogP contribution in [-0.2, 0) is 0 Å². The van der Waals surface area contributed by atoms with Crippen molar-refractivity contribution in [3.8, 4) is 34.8 Å². The van der Waals surface area contributed by atoms with Crippen molar-refractivity contribution < 1.29 is 9.47 Å². The number of hydrogen-bond donors (Lipinski definition) is 2. The van der Waals surface area contributed by atoms with E-state index in [4.69, 9.17) is 15.2 Å². The van der Waals surface area contributed by atoms with E-state index in [1.54, 1.807) is 12.1 Å². The van der Waals surface area contributed by atoms with Crippen molar-refractivity contribution in [2.24, 2.45) is 0 Å². The Balaban J connectivity index is 2.82. The zero-order chi connectivity index (χ0) is 18.6. The number of H-pyrrole nitrogens is 1. The lowest BCUT2D eigenvalue weighted by Gasteiger charge is -2.15. The van der Waals surface area contributed by atoms with Crippen LogP contribution >= 0.6 is 15.9 Å². The second-order valence-electron chi connectivity index (χ2n) is 5.05. The fraction of sp³-hybridized carbons (Fsp3) is 0.235. The lowest BCUT2D eigenvalue weighted by atomic mass is 9.96. The molecule has 0 unspecified atom stereocenters. The molecule has 7 nitrogen and oxygen atoms in total. The van der Waals surface area contributed by atoms with Gasteiger partial charge in [-0.2, -0.15) is 10.5 Å². The van der Waals surface area contributed by atoms with Gasteiger partial charge in [-0.25, -0.2) is 0 Å². The Bertz CT molecular complexity index is 954. The lowest BCUT2D eigenvalue weighted by Crippen LogP contribution is -2.16. The number of nitrogens with one attached hydrogen (secondary N) is 1. The summed E-state index contributed by atoms with van der Waals surface area (Å²) in [6.07, 6.45) is 0.824. The van der Waals surface area contributed by atoms with E-state index in [1.807, 2.05) is 19.1 Å². The largest absolute Gasteiger partial charge is 0.493 e. The van der Waals surface area contributed by atoms with Crippen LogP contribution in [0.15, 0.2) is 21.4 Å². The van der Waals surface area contributed by atoms with Crippen molar-refractivity contribution in [1.82, 2.24) is 4.98 Å². The molecule has 2 rings (SSSR count). The molecule has 0 fully saturated rings. The molecule has 0 spiro atoms. The number of nitriles is 2. The molecule has 0 saturated carbocycles. The predicted molar refractivity (Wildman–Crippen MR) is 96.4 cm³/mol. The molecule has 0 radical (unpaired) electrons. The number of rotatable bonds is 5. The van der Waals surface area contributed by atoms with Gasteiger partial charge in [0.25, 0.3) is 5.56 Å². The molecule has 8 heteroatoms. The molecular weight excluding hydrogens is 388 g/mol. The number of nitrogen functional groups attached to an aromatic ring is 1. The van der Waals surface area contributed by atoms with Gasteiger partial charge in [-0.1, -0.05) is 22.9 Å². The third kappa shape index (κ3) is 3.44. The summed E-state index contributed by atoms with van der Waals surface area (Å²) in [5.74, 6) is 0.826. The number of ether oxygens (including phenoxy) is 2. The minimum atomic E-state index is -0.661. The molecule has 0 aliphatic carbocycles. The van der Waals surface area contributed by atoms with Crippen molar-refractivity contribution in [2.45, 2.75) is 13.3 Å². The maximum absolute atomic E-state index is 12.1. The Kier molecular flexibility index (Phi) is 5.68. The highest BCUT2D eigenvalue weighted by Crippen LogP contribution is 2.41. The first kappa shape index (κ1) is 18.4. The van der Waals surface area contributed by atoms with Gasteiger partial charge in [0, 0.05) is 15.6 Å². The number of nitrogens with two attached hydrogens (primary N) is 1. The maximum atomic E-state index is 12.1. The van der Waals surface area contributed by atoms with Crippen LogP contribution in [0.2, 0.25) is 0 Å². The van der Waals surface area contributed by atoms with Gasteiger partial charge in [0.15, 0.2) is 11.5 Å². The zero-order valence-electron chi connectivity index (χ0n) is 13.6. The number of halogens is 1. The number of pyridine rings is 1. The van der Waals surface area contributed by atoms with E-state index in [0.29, 0.717) is 28.1 Å². The van der Waals surface area contributed by atoms with Crippen LogP contribution in [0.1, 0.15) is 24.5 Å². The molecule has 128 valence electrons. The number of aromatic amines is 1. The average Bonchev–Trinajstić information content (AvgIpc) is 2.59. The Hall–Kier alpha value is -2.97. The summed E-state index contributed by atoms with van der Waals surface area (Å²) in [5, 5.41) is 18.8. The minimum absolute atomic E-state index is 0.0149. The fourth-order valence-corrected chi connectivity index (χ4v) is 2.84.